The number of likely N-dealkylation sites (N-methyl/N-ethyl adjacent to an activating group) is 1. The number of halogens is 2. The van der Waals surface area contributed by atoms with Gasteiger partial charge in [0.1, 0.15) is 5.82 Å². The third-order valence-electron chi connectivity index (χ3n) is 2.88. The Morgan fingerprint density at radius 2 is 2.18 bits per heavy atom. The minimum absolute atomic E-state index is 0.0881. The molecule has 1 rings (SSSR count). The van der Waals surface area contributed by atoms with Crippen molar-refractivity contribution >= 4 is 15.9 Å². The second kappa shape index (κ2) is 7.09. The van der Waals surface area contributed by atoms with Crippen LogP contribution in [0, 0.1) is 5.82 Å². The first-order valence-corrected chi connectivity index (χ1v) is 6.58. The normalized spacial score (nSPS) is 14.6. The average Bonchev–Trinajstić information content (AvgIpc) is 2.33. The van der Waals surface area contributed by atoms with Gasteiger partial charge >= 0.3 is 0 Å². The zero-order valence-electron chi connectivity index (χ0n) is 10.5. The van der Waals surface area contributed by atoms with E-state index >= 15 is 0 Å². The number of ether oxygens (including phenoxy) is 1. The Balaban J connectivity index is 2.82. The molecule has 0 saturated heterocycles. The van der Waals surface area contributed by atoms with Crippen LogP contribution in [0.15, 0.2) is 22.7 Å². The molecule has 17 heavy (non-hydrogen) atoms. The van der Waals surface area contributed by atoms with Crippen molar-refractivity contribution in [3.63, 3.8) is 0 Å². The first-order valence-electron chi connectivity index (χ1n) is 5.79. The molecule has 96 valence electrons. The van der Waals surface area contributed by atoms with E-state index in [1.807, 2.05) is 13.0 Å². The van der Waals surface area contributed by atoms with Crippen LogP contribution in [0.3, 0.4) is 0 Å². The van der Waals surface area contributed by atoms with Gasteiger partial charge in [0.15, 0.2) is 0 Å². The molecule has 0 aromatic heterocycles. The molecule has 4 heteroatoms. The zero-order valence-corrected chi connectivity index (χ0v) is 12.1. The van der Waals surface area contributed by atoms with E-state index in [-0.39, 0.29) is 18.0 Å². The van der Waals surface area contributed by atoms with Crippen molar-refractivity contribution in [3.8, 4) is 0 Å². The minimum Gasteiger partial charge on any atom is -0.380 e. The van der Waals surface area contributed by atoms with E-state index in [2.05, 4.69) is 28.2 Å². The summed E-state index contributed by atoms with van der Waals surface area (Å²) in [5.41, 5.74) is 0.958. The van der Waals surface area contributed by atoms with Gasteiger partial charge in [0.05, 0.1) is 10.6 Å². The van der Waals surface area contributed by atoms with Crippen molar-refractivity contribution in [2.24, 2.45) is 0 Å². The lowest BCUT2D eigenvalue weighted by Crippen LogP contribution is -2.41. The van der Waals surface area contributed by atoms with Gasteiger partial charge in [0, 0.05) is 13.2 Å². The number of methoxy groups -OCH3 is 1. The molecule has 0 saturated carbocycles. The molecule has 1 N–H and O–H groups in total. The molecule has 1 aromatic rings. The highest BCUT2D eigenvalue weighted by Gasteiger charge is 2.18. The quantitative estimate of drug-likeness (QED) is 0.872. The molecule has 2 unspecified atom stereocenters. The molecule has 0 aliphatic rings. The Bertz CT molecular complexity index is 359. The predicted octanol–water partition coefficient (Wildman–Crippen LogP) is 3.14. The zero-order chi connectivity index (χ0) is 12.8. The molecule has 0 spiro atoms. The standard InChI is InChI=1S/C13H19BrFNO/c1-4-16-12(9(2)17-3)8-10-6-5-7-11(15)13(10)14/h5-7,9,12,16H,4,8H2,1-3H3. The minimum atomic E-state index is -0.220. The summed E-state index contributed by atoms with van der Waals surface area (Å²) >= 11 is 3.29. The third kappa shape index (κ3) is 4.05. The lowest BCUT2D eigenvalue weighted by molar-refractivity contribution is 0.0835. The predicted molar refractivity (Wildman–Crippen MR) is 71.7 cm³/mol. The summed E-state index contributed by atoms with van der Waals surface area (Å²) in [6.07, 6.45) is 0.825. The Morgan fingerprint density at radius 3 is 2.76 bits per heavy atom. The maximum absolute atomic E-state index is 13.4. The summed E-state index contributed by atoms with van der Waals surface area (Å²) in [6.45, 7) is 4.93. The molecule has 0 bridgehead atoms. The van der Waals surface area contributed by atoms with Gasteiger partial charge in [-0.2, -0.15) is 0 Å². The van der Waals surface area contributed by atoms with E-state index in [0.29, 0.717) is 4.47 Å². The van der Waals surface area contributed by atoms with E-state index in [9.17, 15) is 4.39 Å². The summed E-state index contributed by atoms with van der Waals surface area (Å²) in [4.78, 5) is 0. The molecule has 0 heterocycles. The van der Waals surface area contributed by atoms with Crippen molar-refractivity contribution in [3.05, 3.63) is 34.1 Å². The first kappa shape index (κ1) is 14.6. The Labute approximate surface area is 111 Å². The van der Waals surface area contributed by atoms with E-state index in [1.54, 1.807) is 13.2 Å². The van der Waals surface area contributed by atoms with Gasteiger partial charge in [0.25, 0.3) is 0 Å². The first-order chi connectivity index (χ1) is 8.10. The van der Waals surface area contributed by atoms with E-state index in [0.717, 1.165) is 18.5 Å². The van der Waals surface area contributed by atoms with Crippen molar-refractivity contribution in [1.82, 2.24) is 5.32 Å². The highest BCUT2D eigenvalue weighted by atomic mass is 79.9. The second-order valence-electron chi connectivity index (χ2n) is 4.02. The van der Waals surface area contributed by atoms with Gasteiger partial charge in [0.2, 0.25) is 0 Å². The summed E-state index contributed by atoms with van der Waals surface area (Å²) in [7, 11) is 1.69. The third-order valence-corrected chi connectivity index (χ3v) is 3.76. The van der Waals surface area contributed by atoms with Crippen molar-refractivity contribution in [2.45, 2.75) is 32.4 Å². The van der Waals surface area contributed by atoms with Crippen LogP contribution in [0.25, 0.3) is 0 Å². The van der Waals surface area contributed by atoms with Gasteiger partial charge in [-0.3, -0.25) is 0 Å². The van der Waals surface area contributed by atoms with Crippen LogP contribution in [0.4, 0.5) is 4.39 Å². The van der Waals surface area contributed by atoms with Gasteiger partial charge in [-0.05, 0) is 47.4 Å². The molecule has 0 amide bonds. The second-order valence-corrected chi connectivity index (χ2v) is 4.82. The molecule has 0 aliphatic heterocycles. The fourth-order valence-corrected chi connectivity index (χ4v) is 2.20. The van der Waals surface area contributed by atoms with Crippen LogP contribution in [0.1, 0.15) is 19.4 Å². The monoisotopic (exact) mass is 303 g/mol. The Morgan fingerprint density at radius 1 is 1.47 bits per heavy atom. The number of nitrogens with one attached hydrogen (secondary N) is 1. The molecule has 0 aliphatic carbocycles. The summed E-state index contributed by atoms with van der Waals surface area (Å²) in [5.74, 6) is -0.220. The lowest BCUT2D eigenvalue weighted by Gasteiger charge is -2.24. The molecule has 0 fully saturated rings. The SMILES string of the molecule is CCNC(Cc1cccc(F)c1Br)C(C)OC. The number of hydrogen-bond donors (Lipinski definition) is 1. The number of rotatable bonds is 6. The van der Waals surface area contributed by atoms with E-state index in [1.165, 1.54) is 6.07 Å². The summed E-state index contributed by atoms with van der Waals surface area (Å²) in [6, 6.07) is 5.30. The van der Waals surface area contributed by atoms with Crippen LogP contribution in [0.5, 0.6) is 0 Å². The molecular formula is C13H19BrFNO. The largest absolute Gasteiger partial charge is 0.380 e. The summed E-state index contributed by atoms with van der Waals surface area (Å²) in [5, 5.41) is 3.36. The molecular weight excluding hydrogens is 285 g/mol. The van der Waals surface area contributed by atoms with Gasteiger partial charge < -0.3 is 10.1 Å². The number of hydrogen-bond acceptors (Lipinski definition) is 2. The average molecular weight is 304 g/mol. The van der Waals surface area contributed by atoms with Gasteiger partial charge in [-0.1, -0.05) is 19.1 Å². The van der Waals surface area contributed by atoms with E-state index < -0.39 is 0 Å². The molecule has 2 nitrogen and oxygen atoms in total. The van der Waals surface area contributed by atoms with Gasteiger partial charge in [-0.25, -0.2) is 4.39 Å². The van der Waals surface area contributed by atoms with Crippen molar-refractivity contribution in [1.29, 1.82) is 0 Å². The van der Waals surface area contributed by atoms with Crippen molar-refractivity contribution < 1.29 is 9.13 Å². The van der Waals surface area contributed by atoms with Crippen LogP contribution in [-0.2, 0) is 11.2 Å². The Kier molecular flexibility index (Phi) is 6.09. The molecule has 2 atom stereocenters. The lowest BCUT2D eigenvalue weighted by atomic mass is 10.0. The highest BCUT2D eigenvalue weighted by Crippen LogP contribution is 2.22. The van der Waals surface area contributed by atoms with Crippen LogP contribution in [-0.4, -0.2) is 25.8 Å². The number of benzene rings is 1. The van der Waals surface area contributed by atoms with E-state index in [4.69, 9.17) is 4.74 Å². The van der Waals surface area contributed by atoms with Crippen molar-refractivity contribution in [2.75, 3.05) is 13.7 Å². The van der Waals surface area contributed by atoms with Crippen LogP contribution in [0.2, 0.25) is 0 Å². The van der Waals surface area contributed by atoms with Crippen LogP contribution >= 0.6 is 15.9 Å². The fraction of sp³-hybridized carbons (Fsp3) is 0.538. The fourth-order valence-electron chi connectivity index (χ4n) is 1.77. The maximum atomic E-state index is 13.4. The maximum Gasteiger partial charge on any atom is 0.137 e. The van der Waals surface area contributed by atoms with Crippen LogP contribution < -0.4 is 5.32 Å². The molecule has 0 radical (unpaired) electrons. The van der Waals surface area contributed by atoms with Gasteiger partial charge in [-0.15, -0.1) is 0 Å². The topological polar surface area (TPSA) is 21.3 Å². The summed E-state index contributed by atoms with van der Waals surface area (Å²) < 4.78 is 19.3. The molecule has 1 aromatic carbocycles. The smallest absolute Gasteiger partial charge is 0.137 e. The highest BCUT2D eigenvalue weighted by molar-refractivity contribution is 9.10. The Hall–Kier alpha value is -0.450.